The molecule has 17 heavy (non-hydrogen) atoms. The summed E-state index contributed by atoms with van der Waals surface area (Å²) in [7, 11) is 3.20. The smallest absolute Gasteiger partial charge is 0.191 e. The van der Waals surface area contributed by atoms with Crippen LogP contribution >= 0.6 is 0 Å². The molecule has 0 radical (unpaired) electrons. The molecular formula is C14H20O3. The van der Waals surface area contributed by atoms with Crippen LogP contribution in [0, 0.1) is 6.92 Å². The van der Waals surface area contributed by atoms with Crippen molar-refractivity contribution in [2.45, 2.75) is 32.8 Å². The molecule has 1 atom stereocenters. The number of aryl methyl sites for hydroxylation is 1. The van der Waals surface area contributed by atoms with Crippen molar-refractivity contribution >= 4 is 5.78 Å². The third kappa shape index (κ3) is 3.30. The molecule has 1 aromatic carbocycles. The Kier molecular flexibility index (Phi) is 5.16. The summed E-state index contributed by atoms with van der Waals surface area (Å²) in [5.41, 5.74) is 1.64. The van der Waals surface area contributed by atoms with Crippen LogP contribution in [0.2, 0.25) is 0 Å². The summed E-state index contributed by atoms with van der Waals surface area (Å²) in [6.07, 6.45) is 1.34. The minimum atomic E-state index is -0.341. The lowest BCUT2D eigenvalue weighted by Gasteiger charge is -2.15. The topological polar surface area (TPSA) is 35.5 Å². The van der Waals surface area contributed by atoms with E-state index < -0.39 is 0 Å². The molecule has 0 amide bonds. The first kappa shape index (κ1) is 13.7. The van der Waals surface area contributed by atoms with E-state index in [1.165, 1.54) is 0 Å². The van der Waals surface area contributed by atoms with Gasteiger partial charge >= 0.3 is 0 Å². The van der Waals surface area contributed by atoms with Crippen molar-refractivity contribution in [1.29, 1.82) is 0 Å². The highest BCUT2D eigenvalue weighted by molar-refractivity contribution is 6.00. The minimum Gasteiger partial charge on any atom is -0.497 e. The van der Waals surface area contributed by atoms with Gasteiger partial charge in [0.05, 0.1) is 7.11 Å². The number of hydrogen-bond acceptors (Lipinski definition) is 3. The van der Waals surface area contributed by atoms with E-state index in [1.807, 2.05) is 19.9 Å². The number of carbonyl (C=O) groups excluding carboxylic acids is 1. The van der Waals surface area contributed by atoms with E-state index in [0.717, 1.165) is 24.2 Å². The monoisotopic (exact) mass is 236 g/mol. The van der Waals surface area contributed by atoms with Crippen molar-refractivity contribution < 1.29 is 14.3 Å². The zero-order chi connectivity index (χ0) is 12.8. The van der Waals surface area contributed by atoms with Crippen LogP contribution in [0.5, 0.6) is 5.75 Å². The second-order valence-corrected chi connectivity index (χ2v) is 4.06. The average Bonchev–Trinajstić information content (AvgIpc) is 2.35. The van der Waals surface area contributed by atoms with Crippen molar-refractivity contribution in [3.05, 3.63) is 29.3 Å². The van der Waals surface area contributed by atoms with E-state index in [1.54, 1.807) is 26.4 Å². The fourth-order valence-electron chi connectivity index (χ4n) is 1.83. The van der Waals surface area contributed by atoms with Gasteiger partial charge in [-0.15, -0.1) is 0 Å². The summed E-state index contributed by atoms with van der Waals surface area (Å²) < 4.78 is 10.4. The minimum absolute atomic E-state index is 0.0505. The molecule has 3 nitrogen and oxygen atoms in total. The Bertz CT molecular complexity index is 385. The number of benzene rings is 1. The molecular weight excluding hydrogens is 216 g/mol. The molecule has 0 fully saturated rings. The van der Waals surface area contributed by atoms with Crippen LogP contribution in [-0.4, -0.2) is 26.1 Å². The maximum absolute atomic E-state index is 12.2. The van der Waals surface area contributed by atoms with Crippen molar-refractivity contribution in [1.82, 2.24) is 0 Å². The van der Waals surface area contributed by atoms with Gasteiger partial charge in [-0.3, -0.25) is 4.79 Å². The molecule has 0 bridgehead atoms. The van der Waals surface area contributed by atoms with Gasteiger partial charge in [-0.2, -0.15) is 0 Å². The number of methoxy groups -OCH3 is 2. The van der Waals surface area contributed by atoms with Crippen LogP contribution in [0.4, 0.5) is 0 Å². The Morgan fingerprint density at radius 1 is 1.35 bits per heavy atom. The van der Waals surface area contributed by atoms with Crippen LogP contribution in [-0.2, 0) is 4.74 Å². The highest BCUT2D eigenvalue weighted by Gasteiger charge is 2.20. The van der Waals surface area contributed by atoms with E-state index in [0.29, 0.717) is 5.56 Å². The standard InChI is InChI=1S/C14H20O3/c1-5-6-13(17-4)14(15)12-8-7-11(16-3)9-10(12)2/h7-9,13H,5-6H2,1-4H3. The second kappa shape index (κ2) is 6.40. The molecule has 0 spiro atoms. The molecule has 0 aliphatic carbocycles. The van der Waals surface area contributed by atoms with Crippen LogP contribution in [0.1, 0.15) is 35.7 Å². The van der Waals surface area contributed by atoms with E-state index in [4.69, 9.17) is 9.47 Å². The maximum Gasteiger partial charge on any atom is 0.191 e. The molecule has 1 rings (SSSR count). The van der Waals surface area contributed by atoms with Crippen LogP contribution in [0.15, 0.2) is 18.2 Å². The largest absolute Gasteiger partial charge is 0.497 e. The molecule has 0 aromatic heterocycles. The molecule has 0 saturated carbocycles. The Balaban J connectivity index is 2.95. The van der Waals surface area contributed by atoms with Gasteiger partial charge in [-0.25, -0.2) is 0 Å². The Morgan fingerprint density at radius 3 is 2.53 bits per heavy atom. The molecule has 0 saturated heterocycles. The van der Waals surface area contributed by atoms with Crippen LogP contribution in [0.25, 0.3) is 0 Å². The maximum atomic E-state index is 12.2. The lowest BCUT2D eigenvalue weighted by atomic mass is 9.98. The SMILES string of the molecule is CCCC(OC)C(=O)c1ccc(OC)cc1C. The van der Waals surface area contributed by atoms with Crippen molar-refractivity contribution in [3.63, 3.8) is 0 Å². The van der Waals surface area contributed by atoms with Crippen LogP contribution in [0.3, 0.4) is 0 Å². The van der Waals surface area contributed by atoms with Gasteiger partial charge in [0, 0.05) is 12.7 Å². The summed E-state index contributed by atoms with van der Waals surface area (Å²) in [6, 6.07) is 5.48. The molecule has 1 aromatic rings. The second-order valence-electron chi connectivity index (χ2n) is 4.06. The average molecular weight is 236 g/mol. The zero-order valence-corrected chi connectivity index (χ0v) is 10.9. The molecule has 0 heterocycles. The number of rotatable bonds is 6. The number of carbonyl (C=O) groups is 1. The van der Waals surface area contributed by atoms with E-state index >= 15 is 0 Å². The van der Waals surface area contributed by atoms with Gasteiger partial charge in [-0.1, -0.05) is 13.3 Å². The van der Waals surface area contributed by atoms with E-state index in [-0.39, 0.29) is 11.9 Å². The molecule has 3 heteroatoms. The van der Waals surface area contributed by atoms with Gasteiger partial charge in [-0.05, 0) is 37.1 Å². The van der Waals surface area contributed by atoms with Crippen molar-refractivity contribution in [2.75, 3.05) is 14.2 Å². The van der Waals surface area contributed by atoms with Gasteiger partial charge in [0.1, 0.15) is 11.9 Å². The van der Waals surface area contributed by atoms with Gasteiger partial charge in [0.2, 0.25) is 0 Å². The summed E-state index contributed by atoms with van der Waals surface area (Å²) in [5.74, 6) is 0.818. The predicted octanol–water partition coefficient (Wildman–Crippen LogP) is 3.00. The van der Waals surface area contributed by atoms with Gasteiger partial charge in [0.15, 0.2) is 5.78 Å². The lowest BCUT2D eigenvalue weighted by molar-refractivity contribution is 0.0578. The lowest BCUT2D eigenvalue weighted by Crippen LogP contribution is -2.23. The number of Topliss-reactive ketones (excluding diaryl/α,β-unsaturated/α-hetero) is 1. The fraction of sp³-hybridized carbons (Fsp3) is 0.500. The quantitative estimate of drug-likeness (QED) is 0.712. The Morgan fingerprint density at radius 2 is 2.06 bits per heavy atom. The van der Waals surface area contributed by atoms with Gasteiger partial charge < -0.3 is 9.47 Å². The normalized spacial score (nSPS) is 12.2. The molecule has 0 N–H and O–H groups in total. The van der Waals surface area contributed by atoms with E-state index in [2.05, 4.69) is 0 Å². The first-order valence-corrected chi connectivity index (χ1v) is 5.85. The van der Waals surface area contributed by atoms with Crippen LogP contribution < -0.4 is 4.74 Å². The number of ketones is 1. The number of ether oxygens (including phenoxy) is 2. The molecule has 0 aliphatic rings. The third-order valence-corrected chi connectivity index (χ3v) is 2.83. The summed E-state index contributed by atoms with van der Waals surface area (Å²) in [4.78, 5) is 12.2. The molecule has 1 unspecified atom stereocenters. The van der Waals surface area contributed by atoms with Gasteiger partial charge in [0.25, 0.3) is 0 Å². The first-order chi connectivity index (χ1) is 8.13. The summed E-state index contributed by atoms with van der Waals surface area (Å²) >= 11 is 0. The number of hydrogen-bond donors (Lipinski definition) is 0. The van der Waals surface area contributed by atoms with Crippen molar-refractivity contribution in [3.8, 4) is 5.75 Å². The zero-order valence-electron chi connectivity index (χ0n) is 10.9. The molecule has 0 aliphatic heterocycles. The third-order valence-electron chi connectivity index (χ3n) is 2.83. The fourth-order valence-corrected chi connectivity index (χ4v) is 1.83. The first-order valence-electron chi connectivity index (χ1n) is 5.85. The Labute approximate surface area is 103 Å². The predicted molar refractivity (Wildman–Crippen MR) is 67.8 cm³/mol. The summed E-state index contributed by atoms with van der Waals surface area (Å²) in [5, 5.41) is 0. The summed E-state index contributed by atoms with van der Waals surface area (Å²) in [6.45, 7) is 3.95. The highest BCUT2D eigenvalue weighted by atomic mass is 16.5. The molecule has 94 valence electrons. The van der Waals surface area contributed by atoms with E-state index in [9.17, 15) is 4.79 Å². The highest BCUT2D eigenvalue weighted by Crippen LogP contribution is 2.20. The Hall–Kier alpha value is -1.35. The van der Waals surface area contributed by atoms with Crippen molar-refractivity contribution in [2.24, 2.45) is 0 Å².